The molecule has 0 radical (unpaired) electrons. The van der Waals surface area contributed by atoms with Gasteiger partial charge in [-0.05, 0) is 37.1 Å². The van der Waals surface area contributed by atoms with Crippen LogP contribution in [0.2, 0.25) is 5.02 Å². The highest BCUT2D eigenvalue weighted by molar-refractivity contribution is 6.31. The van der Waals surface area contributed by atoms with Gasteiger partial charge in [-0.1, -0.05) is 17.7 Å². The Kier molecular flexibility index (Phi) is 10.9. The zero-order valence-electron chi connectivity index (χ0n) is 23.5. The SMILES string of the molecule is O=C(/C=C/CN1CCCOCC1)Nc1cc2c(Nc3ccc(F)c(Cl)c3)ncnc2cc1OCCCN1CCOCC1. The lowest BCUT2D eigenvalue weighted by Crippen LogP contribution is -2.37. The minimum absolute atomic E-state index is 0.00133. The molecule has 2 N–H and O–H groups in total. The minimum Gasteiger partial charge on any atom is -0.491 e. The Morgan fingerprint density at radius 1 is 1.05 bits per heavy atom. The Labute approximate surface area is 249 Å². The van der Waals surface area contributed by atoms with E-state index in [2.05, 4.69) is 30.4 Å². The number of rotatable bonds is 11. The average molecular weight is 599 g/mol. The summed E-state index contributed by atoms with van der Waals surface area (Å²) in [5.74, 6) is 0.226. The largest absolute Gasteiger partial charge is 0.491 e. The molecule has 3 heterocycles. The number of carbonyl (C=O) groups is 1. The zero-order valence-corrected chi connectivity index (χ0v) is 24.2. The second-order valence-electron chi connectivity index (χ2n) is 10.2. The van der Waals surface area contributed by atoms with Crippen molar-refractivity contribution < 1.29 is 23.4 Å². The van der Waals surface area contributed by atoms with E-state index in [0.717, 1.165) is 65.4 Å². The maximum Gasteiger partial charge on any atom is 0.248 e. The Morgan fingerprint density at radius 2 is 1.86 bits per heavy atom. The van der Waals surface area contributed by atoms with E-state index in [9.17, 15) is 9.18 Å². The molecule has 2 aliphatic heterocycles. The van der Waals surface area contributed by atoms with Crippen LogP contribution in [-0.2, 0) is 14.3 Å². The number of fused-ring (bicyclic) bond motifs is 1. The summed E-state index contributed by atoms with van der Waals surface area (Å²) in [5.41, 5.74) is 1.69. The number of benzene rings is 2. The molecule has 0 atom stereocenters. The average Bonchev–Trinajstić information content (AvgIpc) is 3.27. The zero-order chi connectivity index (χ0) is 29.1. The number of amides is 1. The lowest BCUT2D eigenvalue weighted by Gasteiger charge is -2.26. The fraction of sp³-hybridized carbons (Fsp3) is 0.433. The Hall–Kier alpha value is -3.35. The number of hydrogen-bond acceptors (Lipinski definition) is 9. The van der Waals surface area contributed by atoms with Crippen molar-refractivity contribution in [1.29, 1.82) is 0 Å². The van der Waals surface area contributed by atoms with E-state index < -0.39 is 5.82 Å². The van der Waals surface area contributed by atoms with Crippen LogP contribution >= 0.6 is 11.6 Å². The summed E-state index contributed by atoms with van der Waals surface area (Å²) in [6.07, 6.45) is 6.64. The second kappa shape index (κ2) is 15.2. The molecule has 42 heavy (non-hydrogen) atoms. The van der Waals surface area contributed by atoms with Crippen molar-refractivity contribution >= 4 is 45.6 Å². The fourth-order valence-corrected chi connectivity index (χ4v) is 5.05. The monoisotopic (exact) mass is 598 g/mol. The van der Waals surface area contributed by atoms with Crippen LogP contribution in [0, 0.1) is 5.82 Å². The molecule has 0 spiro atoms. The number of nitrogens with one attached hydrogen (secondary N) is 2. The van der Waals surface area contributed by atoms with Crippen LogP contribution in [0.3, 0.4) is 0 Å². The molecule has 5 rings (SSSR count). The van der Waals surface area contributed by atoms with E-state index in [0.29, 0.717) is 53.6 Å². The predicted molar refractivity (Wildman–Crippen MR) is 161 cm³/mol. The fourth-order valence-electron chi connectivity index (χ4n) is 4.87. The van der Waals surface area contributed by atoms with Crippen LogP contribution in [0.1, 0.15) is 12.8 Å². The lowest BCUT2D eigenvalue weighted by molar-refractivity contribution is -0.111. The summed E-state index contributed by atoms with van der Waals surface area (Å²) in [7, 11) is 0. The number of carbonyl (C=O) groups excluding carboxylic acids is 1. The molecular formula is C30H36ClFN6O4. The van der Waals surface area contributed by atoms with Crippen molar-refractivity contribution in [2.75, 3.05) is 82.9 Å². The van der Waals surface area contributed by atoms with Gasteiger partial charge in [0.1, 0.15) is 23.7 Å². The summed E-state index contributed by atoms with van der Waals surface area (Å²) in [6.45, 7) is 8.63. The first-order chi connectivity index (χ1) is 20.5. The number of anilines is 3. The molecule has 0 saturated carbocycles. The third-order valence-electron chi connectivity index (χ3n) is 7.10. The van der Waals surface area contributed by atoms with Gasteiger partial charge in [0.2, 0.25) is 5.91 Å². The van der Waals surface area contributed by atoms with Crippen LogP contribution in [-0.4, -0.2) is 98.0 Å². The molecule has 0 bridgehead atoms. The number of ether oxygens (including phenoxy) is 3. The predicted octanol–water partition coefficient (Wildman–Crippen LogP) is 4.48. The van der Waals surface area contributed by atoms with Gasteiger partial charge in [0, 0.05) is 69.1 Å². The summed E-state index contributed by atoms with van der Waals surface area (Å²) in [4.78, 5) is 26.4. The first-order valence-corrected chi connectivity index (χ1v) is 14.6. The Balaban J connectivity index is 1.33. The number of morpholine rings is 1. The summed E-state index contributed by atoms with van der Waals surface area (Å²) >= 11 is 5.97. The molecule has 2 fully saturated rings. The third kappa shape index (κ3) is 8.59. The van der Waals surface area contributed by atoms with Crippen LogP contribution in [0.25, 0.3) is 10.9 Å². The van der Waals surface area contributed by atoms with Gasteiger partial charge in [-0.3, -0.25) is 14.6 Å². The minimum atomic E-state index is -0.507. The molecule has 12 heteroatoms. The molecular weight excluding hydrogens is 563 g/mol. The highest BCUT2D eigenvalue weighted by Gasteiger charge is 2.15. The highest BCUT2D eigenvalue weighted by Crippen LogP contribution is 2.34. The molecule has 224 valence electrons. The quantitative estimate of drug-likeness (QED) is 0.244. The van der Waals surface area contributed by atoms with E-state index in [1.54, 1.807) is 24.3 Å². The number of aromatic nitrogens is 2. The summed E-state index contributed by atoms with van der Waals surface area (Å²) in [5, 5.41) is 6.81. The van der Waals surface area contributed by atoms with Crippen molar-refractivity contribution in [1.82, 2.24) is 19.8 Å². The smallest absolute Gasteiger partial charge is 0.248 e. The van der Waals surface area contributed by atoms with E-state index in [1.807, 2.05) is 6.08 Å². The standard InChI is InChI=1S/C30H36ClFN6O4/c31-24-18-22(5-6-25(24)32)35-30-23-19-27(36-29(39)4-1-7-37-8-2-13-40-15-10-37)28(20-26(23)33-21-34-30)42-14-3-9-38-11-16-41-17-12-38/h1,4-6,18-21H,2-3,7-17H2,(H,36,39)(H,33,34,35)/b4-1+. The number of halogens is 2. The molecule has 2 aromatic carbocycles. The maximum atomic E-state index is 13.7. The maximum absolute atomic E-state index is 13.7. The van der Waals surface area contributed by atoms with Crippen molar-refractivity contribution in [3.63, 3.8) is 0 Å². The van der Waals surface area contributed by atoms with Gasteiger partial charge in [-0.15, -0.1) is 0 Å². The Bertz CT molecular complexity index is 1380. The van der Waals surface area contributed by atoms with Gasteiger partial charge < -0.3 is 24.8 Å². The molecule has 2 saturated heterocycles. The highest BCUT2D eigenvalue weighted by atomic mass is 35.5. The lowest BCUT2D eigenvalue weighted by atomic mass is 10.1. The van der Waals surface area contributed by atoms with Crippen LogP contribution in [0.15, 0.2) is 48.8 Å². The summed E-state index contributed by atoms with van der Waals surface area (Å²) < 4.78 is 30.8. The second-order valence-corrected chi connectivity index (χ2v) is 10.6. The van der Waals surface area contributed by atoms with E-state index >= 15 is 0 Å². The molecule has 3 aromatic rings. The van der Waals surface area contributed by atoms with Crippen LogP contribution in [0.5, 0.6) is 5.75 Å². The van der Waals surface area contributed by atoms with Gasteiger partial charge in [-0.25, -0.2) is 14.4 Å². The van der Waals surface area contributed by atoms with Crippen molar-refractivity contribution in [2.24, 2.45) is 0 Å². The van der Waals surface area contributed by atoms with Gasteiger partial charge >= 0.3 is 0 Å². The van der Waals surface area contributed by atoms with Crippen molar-refractivity contribution in [2.45, 2.75) is 12.8 Å². The molecule has 1 aromatic heterocycles. The molecule has 0 unspecified atom stereocenters. The first-order valence-electron chi connectivity index (χ1n) is 14.3. The number of nitrogens with zero attached hydrogens (tertiary/aromatic N) is 4. The van der Waals surface area contributed by atoms with Crippen molar-refractivity contribution in [3.8, 4) is 5.75 Å². The van der Waals surface area contributed by atoms with Gasteiger partial charge in [0.15, 0.2) is 0 Å². The molecule has 1 amide bonds. The van der Waals surface area contributed by atoms with Crippen molar-refractivity contribution in [3.05, 3.63) is 59.7 Å². The van der Waals surface area contributed by atoms with Crippen LogP contribution < -0.4 is 15.4 Å². The topological polar surface area (TPSA) is 101 Å². The normalized spacial score (nSPS) is 16.9. The van der Waals surface area contributed by atoms with E-state index in [4.69, 9.17) is 25.8 Å². The summed E-state index contributed by atoms with van der Waals surface area (Å²) in [6, 6.07) is 7.93. The van der Waals surface area contributed by atoms with Gasteiger partial charge in [0.25, 0.3) is 0 Å². The molecule has 0 aliphatic carbocycles. The Morgan fingerprint density at radius 3 is 2.69 bits per heavy atom. The first kappa shape index (κ1) is 30.1. The number of hydrogen-bond donors (Lipinski definition) is 2. The van der Waals surface area contributed by atoms with Crippen LogP contribution in [0.4, 0.5) is 21.6 Å². The van der Waals surface area contributed by atoms with Gasteiger partial charge in [0.05, 0.1) is 42.7 Å². The molecule has 2 aliphatic rings. The van der Waals surface area contributed by atoms with E-state index in [-0.39, 0.29) is 10.9 Å². The van der Waals surface area contributed by atoms with E-state index in [1.165, 1.54) is 18.5 Å². The molecule has 10 nitrogen and oxygen atoms in total. The van der Waals surface area contributed by atoms with Gasteiger partial charge in [-0.2, -0.15) is 0 Å². The third-order valence-corrected chi connectivity index (χ3v) is 7.39.